The van der Waals surface area contributed by atoms with Crippen molar-refractivity contribution in [1.82, 2.24) is 15.1 Å². The van der Waals surface area contributed by atoms with E-state index in [0.717, 1.165) is 29.2 Å². The Labute approximate surface area is 137 Å². The summed E-state index contributed by atoms with van der Waals surface area (Å²) < 4.78 is 7.47. The normalized spacial score (nSPS) is 12.0. The number of carbonyl (C=O) groups is 1. The van der Waals surface area contributed by atoms with Gasteiger partial charge in [-0.15, -0.1) is 0 Å². The zero-order valence-electron chi connectivity index (χ0n) is 14.3. The molecule has 0 saturated heterocycles. The third-order valence-electron chi connectivity index (χ3n) is 3.60. The molecule has 5 heteroatoms. The van der Waals surface area contributed by atoms with E-state index >= 15 is 0 Å². The van der Waals surface area contributed by atoms with E-state index in [-0.39, 0.29) is 12.5 Å². The van der Waals surface area contributed by atoms with Crippen LogP contribution in [0.5, 0.6) is 5.75 Å². The highest BCUT2D eigenvalue weighted by Gasteiger charge is 2.09. The van der Waals surface area contributed by atoms with Crippen LogP contribution in [0.15, 0.2) is 30.3 Å². The number of ether oxygens (including phenoxy) is 1. The van der Waals surface area contributed by atoms with Crippen molar-refractivity contribution >= 4 is 5.91 Å². The first-order valence-corrected chi connectivity index (χ1v) is 7.91. The maximum atomic E-state index is 11.9. The summed E-state index contributed by atoms with van der Waals surface area (Å²) >= 11 is 0. The number of carbonyl (C=O) groups excluding carboxylic acids is 1. The lowest BCUT2D eigenvalue weighted by atomic mass is 10.2. The SMILES string of the molecule is Cc1cccc(OCC(=O)NCC(C)Cn2nc(C)cc2C)c1. The number of aromatic nitrogens is 2. The Kier molecular flexibility index (Phi) is 5.79. The maximum Gasteiger partial charge on any atom is 0.257 e. The van der Waals surface area contributed by atoms with E-state index in [1.54, 1.807) is 0 Å². The number of hydrogen-bond donors (Lipinski definition) is 1. The van der Waals surface area contributed by atoms with E-state index in [1.165, 1.54) is 0 Å². The minimum absolute atomic E-state index is 0.0378. The largest absolute Gasteiger partial charge is 0.484 e. The van der Waals surface area contributed by atoms with Gasteiger partial charge in [0.1, 0.15) is 5.75 Å². The van der Waals surface area contributed by atoms with Crippen molar-refractivity contribution in [1.29, 1.82) is 0 Å². The number of benzene rings is 1. The van der Waals surface area contributed by atoms with Crippen LogP contribution in [-0.2, 0) is 11.3 Å². The van der Waals surface area contributed by atoms with Crippen LogP contribution < -0.4 is 10.1 Å². The van der Waals surface area contributed by atoms with E-state index in [2.05, 4.69) is 23.4 Å². The first kappa shape index (κ1) is 17.1. The van der Waals surface area contributed by atoms with Gasteiger partial charge in [0.15, 0.2) is 6.61 Å². The molecule has 0 aliphatic heterocycles. The average Bonchev–Trinajstić information content (AvgIpc) is 2.81. The molecule has 0 spiro atoms. The Morgan fingerprint density at radius 2 is 2.09 bits per heavy atom. The van der Waals surface area contributed by atoms with E-state index in [0.29, 0.717) is 12.5 Å². The van der Waals surface area contributed by atoms with Crippen molar-refractivity contribution in [3.63, 3.8) is 0 Å². The highest BCUT2D eigenvalue weighted by Crippen LogP contribution is 2.12. The Bertz CT molecular complexity index is 664. The highest BCUT2D eigenvalue weighted by molar-refractivity contribution is 5.77. The lowest BCUT2D eigenvalue weighted by molar-refractivity contribution is -0.123. The highest BCUT2D eigenvalue weighted by atomic mass is 16.5. The molecule has 1 aromatic heterocycles. The van der Waals surface area contributed by atoms with Gasteiger partial charge in [-0.25, -0.2) is 0 Å². The molecule has 0 bridgehead atoms. The van der Waals surface area contributed by atoms with E-state index in [1.807, 2.05) is 49.7 Å². The first-order valence-electron chi connectivity index (χ1n) is 7.91. The van der Waals surface area contributed by atoms with Crippen molar-refractivity contribution in [2.75, 3.05) is 13.2 Å². The van der Waals surface area contributed by atoms with Gasteiger partial charge in [-0.2, -0.15) is 5.10 Å². The molecule has 1 N–H and O–H groups in total. The van der Waals surface area contributed by atoms with Crippen LogP contribution in [0.1, 0.15) is 23.9 Å². The summed E-state index contributed by atoms with van der Waals surface area (Å²) in [5.74, 6) is 0.915. The second kappa shape index (κ2) is 7.81. The monoisotopic (exact) mass is 315 g/mol. The van der Waals surface area contributed by atoms with Crippen LogP contribution >= 0.6 is 0 Å². The molecule has 23 heavy (non-hydrogen) atoms. The van der Waals surface area contributed by atoms with Gasteiger partial charge in [0, 0.05) is 18.8 Å². The topological polar surface area (TPSA) is 56.1 Å². The summed E-state index contributed by atoms with van der Waals surface area (Å²) in [6.07, 6.45) is 0. The van der Waals surface area contributed by atoms with E-state index in [9.17, 15) is 4.79 Å². The van der Waals surface area contributed by atoms with Crippen molar-refractivity contribution in [2.45, 2.75) is 34.2 Å². The predicted octanol–water partition coefficient (Wildman–Crippen LogP) is 2.64. The predicted molar refractivity (Wildman–Crippen MR) is 90.5 cm³/mol. The molecule has 2 rings (SSSR count). The maximum absolute atomic E-state index is 11.9. The molecule has 1 amide bonds. The summed E-state index contributed by atoms with van der Waals surface area (Å²) in [4.78, 5) is 11.9. The molecule has 1 atom stereocenters. The van der Waals surface area contributed by atoms with Gasteiger partial charge in [-0.1, -0.05) is 19.1 Å². The van der Waals surface area contributed by atoms with Gasteiger partial charge in [-0.05, 0) is 50.5 Å². The van der Waals surface area contributed by atoms with Crippen molar-refractivity contribution in [3.8, 4) is 5.75 Å². The summed E-state index contributed by atoms with van der Waals surface area (Å²) in [6, 6.07) is 9.73. The Hall–Kier alpha value is -2.30. The standard InChI is InChI=1S/C18H25N3O2/c1-13-6-5-7-17(8-13)23-12-18(22)19-10-14(2)11-21-16(4)9-15(3)20-21/h5-9,14H,10-12H2,1-4H3,(H,19,22). The lowest BCUT2D eigenvalue weighted by Crippen LogP contribution is -2.33. The number of nitrogens with zero attached hydrogens (tertiary/aromatic N) is 2. The Morgan fingerprint density at radius 1 is 1.30 bits per heavy atom. The lowest BCUT2D eigenvalue weighted by Gasteiger charge is -2.14. The Balaban J connectivity index is 1.72. The summed E-state index contributed by atoms with van der Waals surface area (Å²) in [5, 5.41) is 7.35. The van der Waals surface area contributed by atoms with E-state index < -0.39 is 0 Å². The smallest absolute Gasteiger partial charge is 0.257 e. The quantitative estimate of drug-likeness (QED) is 0.854. The number of hydrogen-bond acceptors (Lipinski definition) is 3. The molecule has 0 aliphatic rings. The van der Waals surface area contributed by atoms with Gasteiger partial charge in [-0.3, -0.25) is 9.48 Å². The molecule has 0 saturated carbocycles. The number of rotatable bonds is 7. The molecule has 0 radical (unpaired) electrons. The van der Waals surface area contributed by atoms with Crippen LogP contribution in [0, 0.1) is 26.7 Å². The van der Waals surface area contributed by atoms with Crippen LogP contribution in [0.4, 0.5) is 0 Å². The van der Waals surface area contributed by atoms with Crippen LogP contribution in [0.3, 0.4) is 0 Å². The van der Waals surface area contributed by atoms with Crippen LogP contribution in [-0.4, -0.2) is 28.8 Å². The summed E-state index contributed by atoms with van der Waals surface area (Å²) in [6.45, 7) is 9.55. The molecule has 1 unspecified atom stereocenters. The van der Waals surface area contributed by atoms with Crippen molar-refractivity contribution in [2.24, 2.45) is 5.92 Å². The van der Waals surface area contributed by atoms with Crippen molar-refractivity contribution in [3.05, 3.63) is 47.3 Å². The van der Waals surface area contributed by atoms with Gasteiger partial charge in [0.05, 0.1) is 5.69 Å². The summed E-state index contributed by atoms with van der Waals surface area (Å²) in [5.41, 5.74) is 3.27. The van der Waals surface area contributed by atoms with E-state index in [4.69, 9.17) is 4.74 Å². The second-order valence-corrected chi connectivity index (χ2v) is 6.12. The molecule has 0 aliphatic carbocycles. The zero-order valence-corrected chi connectivity index (χ0v) is 14.3. The third kappa shape index (κ3) is 5.43. The molecule has 1 aromatic carbocycles. The fourth-order valence-electron chi connectivity index (χ4n) is 2.41. The molecule has 124 valence electrons. The molecule has 5 nitrogen and oxygen atoms in total. The van der Waals surface area contributed by atoms with Crippen LogP contribution in [0.25, 0.3) is 0 Å². The second-order valence-electron chi connectivity index (χ2n) is 6.12. The molecule has 1 heterocycles. The Morgan fingerprint density at radius 3 is 2.74 bits per heavy atom. The molecule has 2 aromatic rings. The average molecular weight is 315 g/mol. The third-order valence-corrected chi connectivity index (χ3v) is 3.60. The van der Waals surface area contributed by atoms with Gasteiger partial charge < -0.3 is 10.1 Å². The molecular formula is C18H25N3O2. The first-order chi connectivity index (χ1) is 10.9. The molecular weight excluding hydrogens is 290 g/mol. The summed E-state index contributed by atoms with van der Waals surface area (Å²) in [7, 11) is 0. The molecule has 0 fully saturated rings. The minimum Gasteiger partial charge on any atom is -0.484 e. The van der Waals surface area contributed by atoms with Gasteiger partial charge >= 0.3 is 0 Å². The fraction of sp³-hybridized carbons (Fsp3) is 0.444. The van der Waals surface area contributed by atoms with Crippen molar-refractivity contribution < 1.29 is 9.53 Å². The fourth-order valence-corrected chi connectivity index (χ4v) is 2.41. The zero-order chi connectivity index (χ0) is 16.8. The van der Waals surface area contributed by atoms with Crippen LogP contribution in [0.2, 0.25) is 0 Å². The number of nitrogens with one attached hydrogen (secondary N) is 1. The minimum atomic E-state index is -0.105. The van der Waals surface area contributed by atoms with Gasteiger partial charge in [0.2, 0.25) is 0 Å². The van der Waals surface area contributed by atoms with Gasteiger partial charge in [0.25, 0.3) is 5.91 Å². The number of amides is 1. The number of aryl methyl sites for hydroxylation is 3.